The Kier molecular flexibility index (Phi) is 5.82. The van der Waals surface area contributed by atoms with Gasteiger partial charge in [0, 0.05) is 24.1 Å². The molecule has 108 valence electrons. The van der Waals surface area contributed by atoms with Crippen LogP contribution >= 0.6 is 11.6 Å². The van der Waals surface area contributed by atoms with Crippen molar-refractivity contribution < 1.29 is 9.32 Å². The Balaban J connectivity index is 2.41. The second-order valence-electron chi connectivity index (χ2n) is 4.87. The normalized spacial score (nSPS) is 11.6. The van der Waals surface area contributed by atoms with Crippen LogP contribution in [0.15, 0.2) is 4.52 Å². The van der Waals surface area contributed by atoms with E-state index < -0.39 is 0 Å². The molecule has 1 aromatic rings. The maximum atomic E-state index is 11.8. The van der Waals surface area contributed by atoms with E-state index in [1.165, 1.54) is 0 Å². The maximum Gasteiger partial charge on any atom is 0.229 e. The molecule has 0 aliphatic heterocycles. The van der Waals surface area contributed by atoms with Crippen molar-refractivity contribution >= 4 is 17.5 Å². The van der Waals surface area contributed by atoms with Crippen molar-refractivity contribution in [2.75, 3.05) is 6.54 Å². The van der Waals surface area contributed by atoms with Crippen molar-refractivity contribution in [2.24, 2.45) is 5.73 Å². The third-order valence-corrected chi connectivity index (χ3v) is 3.88. The van der Waals surface area contributed by atoms with E-state index >= 15 is 0 Å². The van der Waals surface area contributed by atoms with Gasteiger partial charge in [0.25, 0.3) is 0 Å². The van der Waals surface area contributed by atoms with Crippen LogP contribution in [0.2, 0.25) is 5.22 Å². The van der Waals surface area contributed by atoms with Gasteiger partial charge in [-0.25, -0.2) is 0 Å². The summed E-state index contributed by atoms with van der Waals surface area (Å²) in [5, 5.41) is 6.88. The summed E-state index contributed by atoms with van der Waals surface area (Å²) in [4.78, 5) is 11.8. The zero-order chi connectivity index (χ0) is 14.5. The largest absolute Gasteiger partial charge is 0.354 e. The van der Waals surface area contributed by atoms with Crippen LogP contribution in [-0.4, -0.2) is 23.1 Å². The minimum Gasteiger partial charge on any atom is -0.354 e. The van der Waals surface area contributed by atoms with Crippen LogP contribution < -0.4 is 11.1 Å². The Bertz CT molecular complexity index is 408. The predicted molar refractivity (Wildman–Crippen MR) is 75.1 cm³/mol. The van der Waals surface area contributed by atoms with Crippen molar-refractivity contribution in [3.63, 3.8) is 0 Å². The van der Waals surface area contributed by atoms with Crippen LogP contribution in [0.3, 0.4) is 0 Å². The quantitative estimate of drug-likeness (QED) is 0.805. The molecule has 0 saturated carbocycles. The number of nitrogens with zero attached hydrogens (tertiary/aromatic N) is 1. The number of aromatic nitrogens is 1. The highest BCUT2D eigenvalue weighted by atomic mass is 35.5. The SMILES string of the molecule is CCC(N)(CC)CNC(=O)CCc1c(C)noc1Cl. The fourth-order valence-corrected chi connectivity index (χ4v) is 2.01. The van der Waals surface area contributed by atoms with E-state index in [0.29, 0.717) is 19.4 Å². The monoisotopic (exact) mass is 287 g/mol. The fourth-order valence-electron chi connectivity index (χ4n) is 1.74. The van der Waals surface area contributed by atoms with Gasteiger partial charge in [-0.1, -0.05) is 19.0 Å². The molecule has 1 heterocycles. The third-order valence-electron chi connectivity index (χ3n) is 3.58. The summed E-state index contributed by atoms with van der Waals surface area (Å²) in [7, 11) is 0. The number of aryl methyl sites for hydroxylation is 1. The van der Waals surface area contributed by atoms with Crippen molar-refractivity contribution in [3.05, 3.63) is 16.5 Å². The average molecular weight is 288 g/mol. The molecule has 19 heavy (non-hydrogen) atoms. The molecule has 1 aromatic heterocycles. The average Bonchev–Trinajstić information content (AvgIpc) is 2.73. The van der Waals surface area contributed by atoms with Crippen LogP contribution in [0.1, 0.15) is 44.4 Å². The summed E-state index contributed by atoms with van der Waals surface area (Å²) >= 11 is 5.84. The lowest BCUT2D eigenvalue weighted by atomic mass is 9.94. The Labute approximate surface area is 118 Å². The van der Waals surface area contributed by atoms with Crippen molar-refractivity contribution in [1.82, 2.24) is 10.5 Å². The molecule has 0 saturated heterocycles. The molecule has 0 aromatic carbocycles. The number of rotatable bonds is 7. The molecule has 5 nitrogen and oxygen atoms in total. The molecule has 0 spiro atoms. The van der Waals surface area contributed by atoms with Gasteiger partial charge in [-0.05, 0) is 37.8 Å². The minimum absolute atomic E-state index is 0.0339. The van der Waals surface area contributed by atoms with Gasteiger partial charge in [0.1, 0.15) is 0 Å². The number of hydrogen-bond acceptors (Lipinski definition) is 4. The van der Waals surface area contributed by atoms with Gasteiger partial charge in [0.05, 0.1) is 5.69 Å². The second kappa shape index (κ2) is 6.91. The molecule has 0 unspecified atom stereocenters. The first-order chi connectivity index (χ1) is 8.91. The number of halogens is 1. The van der Waals surface area contributed by atoms with Crippen LogP contribution in [0.5, 0.6) is 0 Å². The molecule has 0 fully saturated rings. The van der Waals surface area contributed by atoms with Gasteiger partial charge in [-0.15, -0.1) is 0 Å². The number of hydrogen-bond donors (Lipinski definition) is 2. The molecule has 1 rings (SSSR count). The molecular formula is C13H22ClN3O2. The van der Waals surface area contributed by atoms with Crippen LogP contribution in [0.25, 0.3) is 0 Å². The Morgan fingerprint density at radius 1 is 1.47 bits per heavy atom. The van der Waals surface area contributed by atoms with E-state index in [4.69, 9.17) is 21.9 Å². The first kappa shape index (κ1) is 16.0. The second-order valence-corrected chi connectivity index (χ2v) is 5.21. The molecule has 0 aliphatic carbocycles. The van der Waals surface area contributed by atoms with E-state index in [1.807, 2.05) is 20.8 Å². The summed E-state index contributed by atoms with van der Waals surface area (Å²) in [5.41, 5.74) is 7.33. The molecule has 0 aliphatic rings. The Morgan fingerprint density at radius 2 is 2.11 bits per heavy atom. The maximum absolute atomic E-state index is 11.8. The molecule has 0 radical (unpaired) electrons. The number of nitrogens with two attached hydrogens (primary N) is 1. The third kappa shape index (κ3) is 4.51. The number of carbonyl (C=O) groups excluding carboxylic acids is 1. The highest BCUT2D eigenvalue weighted by molar-refractivity contribution is 6.29. The summed E-state index contributed by atoms with van der Waals surface area (Å²) in [6.45, 7) is 6.35. The van der Waals surface area contributed by atoms with Gasteiger partial charge in [0.2, 0.25) is 11.1 Å². The highest BCUT2D eigenvalue weighted by Gasteiger charge is 2.21. The Morgan fingerprint density at radius 3 is 2.58 bits per heavy atom. The minimum atomic E-state index is -0.319. The van der Waals surface area contributed by atoms with Gasteiger partial charge in [-0.3, -0.25) is 4.79 Å². The van der Waals surface area contributed by atoms with E-state index in [1.54, 1.807) is 0 Å². The van der Waals surface area contributed by atoms with E-state index in [-0.39, 0.29) is 16.7 Å². The van der Waals surface area contributed by atoms with E-state index in [2.05, 4.69) is 10.5 Å². The van der Waals surface area contributed by atoms with Crippen LogP contribution in [-0.2, 0) is 11.2 Å². The lowest BCUT2D eigenvalue weighted by molar-refractivity contribution is -0.121. The standard InChI is InChI=1S/C13H22ClN3O2/c1-4-13(15,5-2)8-16-11(18)7-6-10-9(3)17-19-12(10)14/h4-8,15H2,1-3H3,(H,16,18). The zero-order valence-corrected chi connectivity index (χ0v) is 12.5. The summed E-state index contributed by atoms with van der Waals surface area (Å²) < 4.78 is 4.84. The summed E-state index contributed by atoms with van der Waals surface area (Å²) in [6, 6.07) is 0. The number of nitrogens with one attached hydrogen (secondary N) is 1. The lowest BCUT2D eigenvalue weighted by Crippen LogP contribution is -2.49. The van der Waals surface area contributed by atoms with Crippen molar-refractivity contribution in [2.45, 2.75) is 52.0 Å². The first-order valence-corrected chi connectivity index (χ1v) is 6.96. The topological polar surface area (TPSA) is 81.1 Å². The number of amides is 1. The van der Waals surface area contributed by atoms with Crippen LogP contribution in [0.4, 0.5) is 0 Å². The number of carbonyl (C=O) groups is 1. The molecule has 1 amide bonds. The summed E-state index contributed by atoms with van der Waals surface area (Å²) in [6.07, 6.45) is 2.54. The molecular weight excluding hydrogens is 266 g/mol. The fraction of sp³-hybridized carbons (Fsp3) is 0.692. The van der Waals surface area contributed by atoms with Crippen LogP contribution in [0, 0.1) is 6.92 Å². The van der Waals surface area contributed by atoms with Gasteiger partial charge in [0.15, 0.2) is 0 Å². The lowest BCUT2D eigenvalue weighted by Gasteiger charge is -2.26. The van der Waals surface area contributed by atoms with Crippen molar-refractivity contribution in [3.8, 4) is 0 Å². The van der Waals surface area contributed by atoms with Gasteiger partial charge < -0.3 is 15.6 Å². The molecule has 3 N–H and O–H groups in total. The summed E-state index contributed by atoms with van der Waals surface area (Å²) in [5.74, 6) is -0.0339. The van der Waals surface area contributed by atoms with Gasteiger partial charge in [-0.2, -0.15) is 0 Å². The molecule has 6 heteroatoms. The Hall–Kier alpha value is -1.07. The molecule has 0 bridgehead atoms. The van der Waals surface area contributed by atoms with Gasteiger partial charge >= 0.3 is 0 Å². The first-order valence-electron chi connectivity index (χ1n) is 6.58. The zero-order valence-electron chi connectivity index (χ0n) is 11.8. The van der Waals surface area contributed by atoms with E-state index in [9.17, 15) is 4.79 Å². The van der Waals surface area contributed by atoms with Crippen molar-refractivity contribution in [1.29, 1.82) is 0 Å². The van der Waals surface area contributed by atoms with E-state index in [0.717, 1.165) is 24.1 Å². The smallest absolute Gasteiger partial charge is 0.229 e. The highest BCUT2D eigenvalue weighted by Crippen LogP contribution is 2.20. The molecule has 0 atom stereocenters. The predicted octanol–water partition coefficient (Wildman–Crippen LogP) is 2.20.